The van der Waals surface area contributed by atoms with Crippen molar-refractivity contribution in [3.63, 3.8) is 0 Å². The number of rotatable bonds is 7. The van der Waals surface area contributed by atoms with Crippen molar-refractivity contribution in [2.24, 2.45) is 0 Å². The fraction of sp³-hybridized carbons (Fsp3) is 0.227. The molecule has 1 amide bonds. The second-order valence-corrected chi connectivity index (χ2v) is 7.35. The van der Waals surface area contributed by atoms with Gasteiger partial charge in [0.15, 0.2) is 34.2 Å². The summed E-state index contributed by atoms with van der Waals surface area (Å²) in [6.45, 7) is 0.241. The van der Waals surface area contributed by atoms with Crippen LogP contribution in [0.5, 0.6) is 23.0 Å². The summed E-state index contributed by atoms with van der Waals surface area (Å²) in [4.78, 5) is 29.6. The van der Waals surface area contributed by atoms with E-state index in [-0.39, 0.29) is 37.0 Å². The summed E-state index contributed by atoms with van der Waals surface area (Å²) in [5.41, 5.74) is 1.26. The predicted octanol–water partition coefficient (Wildman–Crippen LogP) is 1.04. The van der Waals surface area contributed by atoms with Gasteiger partial charge < -0.3 is 24.3 Å². The van der Waals surface area contributed by atoms with E-state index < -0.39 is 5.56 Å². The molecular formula is C22H20N6O6. The zero-order valence-electron chi connectivity index (χ0n) is 18.3. The first kappa shape index (κ1) is 21.2. The number of carbonyl (C=O) groups excluding carboxylic acids is 1. The van der Waals surface area contributed by atoms with Gasteiger partial charge in [-0.25, -0.2) is 4.98 Å². The number of hydrogen-bond acceptors (Lipinski definition) is 9. The maximum Gasteiger partial charge on any atom is 0.284 e. The number of nitrogens with one attached hydrogen (secondary N) is 1. The molecule has 0 unspecified atom stereocenters. The van der Waals surface area contributed by atoms with Crippen LogP contribution in [-0.2, 0) is 17.9 Å². The molecule has 0 saturated heterocycles. The van der Waals surface area contributed by atoms with E-state index in [1.54, 1.807) is 30.3 Å². The van der Waals surface area contributed by atoms with Crippen molar-refractivity contribution < 1.29 is 23.7 Å². The number of nitrogens with zero attached hydrogens (tertiary/aromatic N) is 5. The molecule has 0 spiro atoms. The van der Waals surface area contributed by atoms with E-state index >= 15 is 0 Å². The van der Waals surface area contributed by atoms with E-state index in [1.165, 1.54) is 29.8 Å². The van der Waals surface area contributed by atoms with Gasteiger partial charge in [-0.15, -0.1) is 5.10 Å². The van der Waals surface area contributed by atoms with Gasteiger partial charge in [-0.05, 0) is 29.8 Å². The number of methoxy groups -OCH3 is 2. The van der Waals surface area contributed by atoms with Gasteiger partial charge in [0.25, 0.3) is 5.56 Å². The zero-order chi connectivity index (χ0) is 23.7. The third-order valence-corrected chi connectivity index (χ3v) is 5.28. The third-order valence-electron chi connectivity index (χ3n) is 5.28. The monoisotopic (exact) mass is 464 g/mol. The Bertz CT molecular complexity index is 1450. The number of hydrogen-bond donors (Lipinski definition) is 1. The van der Waals surface area contributed by atoms with Crippen molar-refractivity contribution in [2.45, 2.75) is 13.1 Å². The average molecular weight is 464 g/mol. The topological polar surface area (TPSA) is 132 Å². The van der Waals surface area contributed by atoms with Crippen LogP contribution in [0.3, 0.4) is 0 Å². The Morgan fingerprint density at radius 1 is 1.09 bits per heavy atom. The van der Waals surface area contributed by atoms with Gasteiger partial charge in [-0.1, -0.05) is 11.3 Å². The van der Waals surface area contributed by atoms with Crippen LogP contribution in [0.1, 0.15) is 5.56 Å². The summed E-state index contributed by atoms with van der Waals surface area (Å²) in [6, 6.07) is 10.6. The van der Waals surface area contributed by atoms with E-state index in [4.69, 9.17) is 18.9 Å². The normalized spacial score (nSPS) is 12.1. The lowest BCUT2D eigenvalue weighted by atomic mass is 10.2. The zero-order valence-corrected chi connectivity index (χ0v) is 18.3. The summed E-state index contributed by atoms with van der Waals surface area (Å²) in [5, 5.41) is 10.8. The summed E-state index contributed by atoms with van der Waals surface area (Å²) < 4.78 is 23.8. The number of ether oxygens (including phenoxy) is 4. The second kappa shape index (κ2) is 8.73. The number of amides is 1. The standard InChI is InChI=1S/C22H20N6O6/c1-31-15-6-4-14(8-17(15)32-2)28-21-20(25-26-28)22(30)27(11-24-21)10-19(29)23-9-13-3-5-16-18(7-13)34-12-33-16/h3-8,11H,9-10,12H2,1-2H3,(H,23,29). The third kappa shape index (κ3) is 3.85. The molecule has 0 saturated carbocycles. The minimum Gasteiger partial charge on any atom is -0.493 e. The van der Waals surface area contributed by atoms with Gasteiger partial charge in [0, 0.05) is 12.6 Å². The number of aromatic nitrogens is 5. The molecule has 2 aromatic heterocycles. The molecule has 0 radical (unpaired) electrons. The number of fused-ring (bicyclic) bond motifs is 2. The van der Waals surface area contributed by atoms with Crippen molar-refractivity contribution in [1.82, 2.24) is 29.9 Å². The molecule has 0 bridgehead atoms. The number of carbonyl (C=O) groups is 1. The Hall–Kier alpha value is -4.61. The molecule has 0 fully saturated rings. The highest BCUT2D eigenvalue weighted by Gasteiger charge is 2.17. The van der Waals surface area contributed by atoms with Gasteiger partial charge in [0.05, 0.1) is 19.9 Å². The lowest BCUT2D eigenvalue weighted by molar-refractivity contribution is -0.121. The Morgan fingerprint density at radius 3 is 2.74 bits per heavy atom. The first-order valence-corrected chi connectivity index (χ1v) is 10.3. The van der Waals surface area contributed by atoms with E-state index in [0.29, 0.717) is 28.7 Å². The van der Waals surface area contributed by atoms with E-state index in [1.807, 2.05) is 6.07 Å². The van der Waals surface area contributed by atoms with Gasteiger partial charge >= 0.3 is 0 Å². The summed E-state index contributed by atoms with van der Waals surface area (Å²) >= 11 is 0. The van der Waals surface area contributed by atoms with E-state index in [2.05, 4.69) is 20.6 Å². The van der Waals surface area contributed by atoms with Crippen molar-refractivity contribution in [3.05, 3.63) is 58.6 Å². The molecule has 4 aromatic rings. The molecule has 5 rings (SSSR count). The second-order valence-electron chi connectivity index (χ2n) is 7.35. The van der Waals surface area contributed by atoms with Crippen LogP contribution in [-0.4, -0.2) is 51.5 Å². The van der Waals surface area contributed by atoms with Crippen molar-refractivity contribution >= 4 is 17.1 Å². The van der Waals surface area contributed by atoms with Gasteiger partial charge in [-0.3, -0.25) is 14.2 Å². The highest BCUT2D eigenvalue weighted by molar-refractivity contribution is 5.76. The molecule has 1 N–H and O–H groups in total. The highest BCUT2D eigenvalue weighted by Crippen LogP contribution is 2.32. The van der Waals surface area contributed by atoms with Crippen molar-refractivity contribution in [2.75, 3.05) is 21.0 Å². The Kier molecular flexibility index (Phi) is 5.46. The average Bonchev–Trinajstić information content (AvgIpc) is 3.51. The Balaban J connectivity index is 1.33. The maximum atomic E-state index is 12.9. The fourth-order valence-corrected chi connectivity index (χ4v) is 3.55. The number of benzene rings is 2. The van der Waals surface area contributed by atoms with Crippen LogP contribution in [0.4, 0.5) is 0 Å². The predicted molar refractivity (Wildman–Crippen MR) is 118 cm³/mol. The van der Waals surface area contributed by atoms with Gasteiger partial charge in [0.1, 0.15) is 12.9 Å². The van der Waals surface area contributed by atoms with Crippen LogP contribution < -0.4 is 29.8 Å². The summed E-state index contributed by atoms with van der Waals surface area (Å²) in [7, 11) is 3.06. The lowest BCUT2D eigenvalue weighted by Gasteiger charge is -2.10. The van der Waals surface area contributed by atoms with Crippen LogP contribution in [0.25, 0.3) is 16.9 Å². The SMILES string of the molecule is COc1ccc(-n2nnc3c(=O)n(CC(=O)NCc4ccc5c(c4)OCO5)cnc32)cc1OC. The molecule has 1 aliphatic rings. The smallest absolute Gasteiger partial charge is 0.284 e. The molecule has 12 nitrogen and oxygen atoms in total. The van der Waals surface area contributed by atoms with E-state index in [9.17, 15) is 9.59 Å². The van der Waals surface area contributed by atoms with Crippen LogP contribution in [0, 0.1) is 0 Å². The van der Waals surface area contributed by atoms with Crippen molar-refractivity contribution in [1.29, 1.82) is 0 Å². The molecule has 3 heterocycles. The molecule has 2 aromatic carbocycles. The molecule has 0 aliphatic carbocycles. The fourth-order valence-electron chi connectivity index (χ4n) is 3.55. The minimum absolute atomic E-state index is 0.0425. The molecule has 1 aliphatic heterocycles. The summed E-state index contributed by atoms with van der Waals surface area (Å²) in [6.07, 6.45) is 1.30. The highest BCUT2D eigenvalue weighted by atomic mass is 16.7. The van der Waals surface area contributed by atoms with Crippen LogP contribution in [0.2, 0.25) is 0 Å². The van der Waals surface area contributed by atoms with Gasteiger partial charge in [0.2, 0.25) is 12.7 Å². The molecular weight excluding hydrogens is 444 g/mol. The Labute approximate surface area is 192 Å². The maximum absolute atomic E-state index is 12.9. The van der Waals surface area contributed by atoms with Crippen molar-refractivity contribution in [3.8, 4) is 28.7 Å². The molecule has 12 heteroatoms. The first-order valence-electron chi connectivity index (χ1n) is 10.3. The largest absolute Gasteiger partial charge is 0.493 e. The van der Waals surface area contributed by atoms with Crippen LogP contribution in [0.15, 0.2) is 47.5 Å². The lowest BCUT2D eigenvalue weighted by Crippen LogP contribution is -2.32. The van der Waals surface area contributed by atoms with E-state index in [0.717, 1.165) is 5.56 Å². The molecule has 34 heavy (non-hydrogen) atoms. The molecule has 0 atom stereocenters. The van der Waals surface area contributed by atoms with Crippen LogP contribution >= 0.6 is 0 Å². The Morgan fingerprint density at radius 2 is 1.91 bits per heavy atom. The molecule has 174 valence electrons. The quantitative estimate of drug-likeness (QED) is 0.426. The summed E-state index contributed by atoms with van der Waals surface area (Å²) in [5.74, 6) is 2.00. The first-order chi connectivity index (χ1) is 16.6. The minimum atomic E-state index is -0.477. The van der Waals surface area contributed by atoms with Gasteiger partial charge in [-0.2, -0.15) is 4.68 Å².